The van der Waals surface area contributed by atoms with Gasteiger partial charge in [-0.25, -0.2) is 4.79 Å². The number of carbonyl (C=O) groups is 2. The Labute approximate surface area is 153 Å². The second kappa shape index (κ2) is 8.71. The zero-order chi connectivity index (χ0) is 18.4. The fraction of sp³-hybridized carbons (Fsp3) is 0.474. The van der Waals surface area contributed by atoms with Crippen LogP contribution >= 0.6 is 0 Å². The number of piperazine rings is 1. The van der Waals surface area contributed by atoms with Crippen LogP contribution in [0.25, 0.3) is 10.9 Å². The van der Waals surface area contributed by atoms with E-state index in [2.05, 4.69) is 32.7 Å². The van der Waals surface area contributed by atoms with Crippen LogP contribution < -0.4 is 10.6 Å². The highest BCUT2D eigenvalue weighted by Crippen LogP contribution is 2.17. The molecule has 2 heterocycles. The molecule has 0 atom stereocenters. The normalized spacial score (nSPS) is 15.2. The first kappa shape index (κ1) is 18.3. The van der Waals surface area contributed by atoms with Gasteiger partial charge in [0.2, 0.25) is 5.91 Å². The summed E-state index contributed by atoms with van der Waals surface area (Å²) in [6.07, 6.45) is 2.81. The summed E-state index contributed by atoms with van der Waals surface area (Å²) < 4.78 is 0. The molecule has 7 heteroatoms. The number of benzene rings is 1. The van der Waals surface area contributed by atoms with Crippen molar-refractivity contribution < 1.29 is 9.59 Å². The molecule has 0 unspecified atom stereocenters. The zero-order valence-electron chi connectivity index (χ0n) is 15.3. The summed E-state index contributed by atoms with van der Waals surface area (Å²) in [5.74, 6) is 0.0455. The third-order valence-corrected chi connectivity index (χ3v) is 4.75. The molecule has 3 rings (SSSR count). The van der Waals surface area contributed by atoms with E-state index in [-0.39, 0.29) is 11.9 Å². The molecule has 3 amide bonds. The number of H-pyrrole nitrogens is 1. The average Bonchev–Trinajstić information content (AvgIpc) is 3.06. The Kier molecular flexibility index (Phi) is 6.12. The van der Waals surface area contributed by atoms with E-state index >= 15 is 0 Å². The van der Waals surface area contributed by atoms with Crippen LogP contribution in [0.1, 0.15) is 12.5 Å². The molecule has 7 nitrogen and oxygen atoms in total. The first-order chi connectivity index (χ1) is 12.7. The Balaban J connectivity index is 1.40. The van der Waals surface area contributed by atoms with Crippen molar-refractivity contribution in [3.8, 4) is 0 Å². The summed E-state index contributed by atoms with van der Waals surface area (Å²) in [7, 11) is 0. The monoisotopic (exact) mass is 357 g/mol. The van der Waals surface area contributed by atoms with Crippen molar-refractivity contribution in [2.75, 3.05) is 45.8 Å². The van der Waals surface area contributed by atoms with Crippen LogP contribution in [0.3, 0.4) is 0 Å². The van der Waals surface area contributed by atoms with E-state index in [4.69, 9.17) is 0 Å². The third kappa shape index (κ3) is 4.54. The van der Waals surface area contributed by atoms with Crippen LogP contribution in [0.4, 0.5) is 4.79 Å². The number of likely N-dealkylation sites (N-methyl/N-ethyl adjacent to an activating group) is 1. The lowest BCUT2D eigenvalue weighted by Gasteiger charge is -2.34. The summed E-state index contributed by atoms with van der Waals surface area (Å²) in [6.45, 7) is 6.34. The van der Waals surface area contributed by atoms with Gasteiger partial charge in [-0.05, 0) is 25.0 Å². The van der Waals surface area contributed by atoms with Crippen LogP contribution in [0.2, 0.25) is 0 Å². The summed E-state index contributed by atoms with van der Waals surface area (Å²) in [4.78, 5) is 31.1. The number of nitrogens with one attached hydrogen (secondary N) is 3. The Morgan fingerprint density at radius 2 is 1.88 bits per heavy atom. The molecule has 0 saturated carbocycles. The van der Waals surface area contributed by atoms with Crippen LogP contribution in [0.5, 0.6) is 0 Å². The van der Waals surface area contributed by atoms with Gasteiger partial charge in [0, 0.05) is 56.4 Å². The summed E-state index contributed by atoms with van der Waals surface area (Å²) in [5.41, 5.74) is 2.34. The van der Waals surface area contributed by atoms with Crippen molar-refractivity contribution in [2.45, 2.75) is 13.3 Å². The molecular weight excluding hydrogens is 330 g/mol. The van der Waals surface area contributed by atoms with Gasteiger partial charge < -0.3 is 20.5 Å². The Morgan fingerprint density at radius 3 is 2.65 bits per heavy atom. The largest absolute Gasteiger partial charge is 0.361 e. The fourth-order valence-electron chi connectivity index (χ4n) is 3.32. The first-order valence-corrected chi connectivity index (χ1v) is 9.24. The molecule has 1 fully saturated rings. The van der Waals surface area contributed by atoms with Crippen molar-refractivity contribution in [1.29, 1.82) is 0 Å². The predicted molar refractivity (Wildman–Crippen MR) is 102 cm³/mol. The zero-order valence-corrected chi connectivity index (χ0v) is 15.3. The second-order valence-electron chi connectivity index (χ2n) is 6.56. The van der Waals surface area contributed by atoms with Crippen molar-refractivity contribution in [2.24, 2.45) is 0 Å². The van der Waals surface area contributed by atoms with E-state index < -0.39 is 0 Å². The topological polar surface area (TPSA) is 80.5 Å². The third-order valence-electron chi connectivity index (χ3n) is 4.75. The number of aromatic amines is 1. The lowest BCUT2D eigenvalue weighted by Crippen LogP contribution is -2.53. The molecule has 1 aromatic heterocycles. The summed E-state index contributed by atoms with van der Waals surface area (Å²) >= 11 is 0. The number of para-hydroxylation sites is 1. The van der Waals surface area contributed by atoms with Crippen molar-refractivity contribution >= 4 is 22.8 Å². The quantitative estimate of drug-likeness (QED) is 0.726. The molecule has 26 heavy (non-hydrogen) atoms. The molecule has 1 aliphatic rings. The van der Waals surface area contributed by atoms with Crippen molar-refractivity contribution in [1.82, 2.24) is 25.4 Å². The molecule has 1 aromatic carbocycles. The molecule has 1 aliphatic heterocycles. The molecular formula is C19H27N5O2. The van der Waals surface area contributed by atoms with Gasteiger partial charge >= 0.3 is 6.03 Å². The molecule has 0 bridgehead atoms. The number of carbonyl (C=O) groups excluding carboxylic acids is 2. The minimum Gasteiger partial charge on any atom is -0.361 e. The highest BCUT2D eigenvalue weighted by molar-refractivity contribution is 5.83. The molecule has 2 aromatic rings. The molecule has 140 valence electrons. The van der Waals surface area contributed by atoms with Crippen molar-refractivity contribution in [3.05, 3.63) is 36.0 Å². The van der Waals surface area contributed by atoms with Gasteiger partial charge in [-0.3, -0.25) is 9.69 Å². The minimum atomic E-state index is -0.0255. The van der Waals surface area contributed by atoms with Gasteiger partial charge in [-0.2, -0.15) is 0 Å². The van der Waals surface area contributed by atoms with Gasteiger partial charge in [0.05, 0.1) is 6.54 Å². The number of nitrogens with zero attached hydrogens (tertiary/aromatic N) is 2. The van der Waals surface area contributed by atoms with Crippen LogP contribution in [0.15, 0.2) is 30.5 Å². The lowest BCUT2D eigenvalue weighted by atomic mass is 10.1. The summed E-state index contributed by atoms with van der Waals surface area (Å²) in [6, 6.07) is 8.16. The van der Waals surface area contributed by atoms with E-state index in [0.717, 1.165) is 25.0 Å². The molecule has 1 saturated heterocycles. The number of hydrogen-bond acceptors (Lipinski definition) is 3. The van der Waals surface area contributed by atoms with E-state index in [1.165, 1.54) is 10.9 Å². The average molecular weight is 357 g/mol. The maximum atomic E-state index is 12.3. The number of fused-ring (bicyclic) bond motifs is 1. The van der Waals surface area contributed by atoms with Crippen molar-refractivity contribution in [3.63, 3.8) is 0 Å². The number of urea groups is 1. The predicted octanol–water partition coefficient (Wildman–Crippen LogP) is 1.17. The van der Waals surface area contributed by atoms with E-state index in [1.54, 1.807) is 0 Å². The van der Waals surface area contributed by atoms with Crippen LogP contribution in [-0.4, -0.2) is 72.5 Å². The lowest BCUT2D eigenvalue weighted by molar-refractivity contribution is -0.122. The first-order valence-electron chi connectivity index (χ1n) is 9.24. The SMILES string of the molecule is CCNC(=O)CN1CCN(C(=O)NCCc2c[nH]c3ccccc23)CC1. The molecule has 0 aliphatic carbocycles. The smallest absolute Gasteiger partial charge is 0.317 e. The van der Waals surface area contributed by atoms with Crippen LogP contribution in [0, 0.1) is 0 Å². The number of rotatable bonds is 6. The molecule has 0 radical (unpaired) electrons. The standard InChI is InChI=1S/C19H27N5O2/c1-2-20-18(25)14-23-9-11-24(12-10-23)19(26)21-8-7-15-13-22-17-6-4-3-5-16(15)17/h3-6,13,22H,2,7-12,14H2,1H3,(H,20,25)(H,21,26). The Bertz CT molecular complexity index is 749. The van der Waals surface area contributed by atoms with Gasteiger partial charge in [0.25, 0.3) is 0 Å². The maximum Gasteiger partial charge on any atom is 0.317 e. The van der Waals surface area contributed by atoms with Crippen LogP contribution in [-0.2, 0) is 11.2 Å². The van der Waals surface area contributed by atoms with Gasteiger partial charge in [-0.15, -0.1) is 0 Å². The summed E-state index contributed by atoms with van der Waals surface area (Å²) in [5, 5.41) is 7.02. The van der Waals surface area contributed by atoms with E-state index in [1.807, 2.05) is 30.2 Å². The number of aromatic nitrogens is 1. The fourth-order valence-corrected chi connectivity index (χ4v) is 3.32. The molecule has 3 N–H and O–H groups in total. The number of amides is 3. The minimum absolute atomic E-state index is 0.0255. The van der Waals surface area contributed by atoms with Gasteiger partial charge in [0.1, 0.15) is 0 Å². The number of hydrogen-bond donors (Lipinski definition) is 3. The highest BCUT2D eigenvalue weighted by Gasteiger charge is 2.22. The van der Waals surface area contributed by atoms with E-state index in [9.17, 15) is 9.59 Å². The van der Waals surface area contributed by atoms with E-state index in [0.29, 0.717) is 32.7 Å². The second-order valence-corrected chi connectivity index (χ2v) is 6.56. The highest BCUT2D eigenvalue weighted by atomic mass is 16.2. The maximum absolute atomic E-state index is 12.3. The van der Waals surface area contributed by atoms with Gasteiger partial charge in [0.15, 0.2) is 0 Å². The Morgan fingerprint density at radius 1 is 1.12 bits per heavy atom. The Hall–Kier alpha value is -2.54. The molecule has 0 spiro atoms. The van der Waals surface area contributed by atoms with Gasteiger partial charge in [-0.1, -0.05) is 18.2 Å².